The summed E-state index contributed by atoms with van der Waals surface area (Å²) in [4.78, 5) is 14.8. The number of hydrogen-bond donors (Lipinski definition) is 0. The molecule has 2 aliphatic rings. The molecule has 1 aromatic rings. The van der Waals surface area contributed by atoms with E-state index in [1.165, 1.54) is 6.42 Å². The van der Waals surface area contributed by atoms with Gasteiger partial charge in [0.2, 0.25) is 0 Å². The van der Waals surface area contributed by atoms with Crippen LogP contribution in [-0.2, 0) is 14.6 Å². The van der Waals surface area contributed by atoms with Gasteiger partial charge in [0.15, 0.2) is 16.4 Å². The number of rotatable bonds is 5. The number of halogens is 2. The number of hydrogen-bond acceptors (Lipinski definition) is 4. The van der Waals surface area contributed by atoms with Crippen LogP contribution in [0.15, 0.2) is 22.7 Å². The minimum atomic E-state index is -3.05. The fourth-order valence-electron chi connectivity index (χ4n) is 3.87. The van der Waals surface area contributed by atoms with Crippen molar-refractivity contribution in [3.8, 4) is 5.75 Å². The van der Waals surface area contributed by atoms with Gasteiger partial charge in [0, 0.05) is 17.1 Å². The van der Waals surface area contributed by atoms with Gasteiger partial charge in [-0.15, -0.1) is 0 Å². The lowest BCUT2D eigenvalue weighted by molar-refractivity contribution is -0.138. The highest BCUT2D eigenvalue weighted by Crippen LogP contribution is 2.30. The number of ether oxygens (including phenoxy) is 1. The molecule has 1 saturated carbocycles. The van der Waals surface area contributed by atoms with Crippen LogP contribution in [0, 0.1) is 0 Å². The van der Waals surface area contributed by atoms with Crippen molar-refractivity contribution in [2.24, 2.45) is 0 Å². The summed E-state index contributed by atoms with van der Waals surface area (Å²) in [6, 6.07) is 5.02. The SMILES string of the molecule is O=C(COc1ccc(Cl)cc1Br)N(C1CCCCC1)C1CCS(=O)(=O)C1. The molecule has 8 heteroatoms. The maximum absolute atomic E-state index is 13.0. The summed E-state index contributed by atoms with van der Waals surface area (Å²) in [5.41, 5.74) is 0. The van der Waals surface area contributed by atoms with E-state index in [0.29, 0.717) is 21.7 Å². The van der Waals surface area contributed by atoms with E-state index >= 15 is 0 Å². The van der Waals surface area contributed by atoms with Gasteiger partial charge in [0.05, 0.1) is 16.0 Å². The molecular weight excluding hydrogens is 442 g/mol. The molecule has 0 bridgehead atoms. The molecule has 0 N–H and O–H groups in total. The molecule has 0 spiro atoms. The highest BCUT2D eigenvalue weighted by atomic mass is 79.9. The first-order valence-corrected chi connectivity index (χ1v) is 11.9. The minimum Gasteiger partial charge on any atom is -0.483 e. The average molecular weight is 465 g/mol. The molecule has 1 saturated heterocycles. The Bertz CT molecular complexity index is 764. The van der Waals surface area contributed by atoms with Crippen molar-refractivity contribution >= 4 is 43.3 Å². The quantitative estimate of drug-likeness (QED) is 0.664. The van der Waals surface area contributed by atoms with Crippen molar-refractivity contribution in [1.29, 1.82) is 0 Å². The van der Waals surface area contributed by atoms with Crippen molar-refractivity contribution in [3.63, 3.8) is 0 Å². The van der Waals surface area contributed by atoms with E-state index in [9.17, 15) is 13.2 Å². The molecule has 0 radical (unpaired) electrons. The van der Waals surface area contributed by atoms with Crippen LogP contribution in [0.4, 0.5) is 0 Å². The molecule has 1 amide bonds. The number of amides is 1. The third-order valence-electron chi connectivity index (χ3n) is 5.10. The summed E-state index contributed by atoms with van der Waals surface area (Å²) in [6.07, 6.45) is 5.74. The largest absolute Gasteiger partial charge is 0.483 e. The molecule has 2 fully saturated rings. The summed E-state index contributed by atoms with van der Waals surface area (Å²) in [7, 11) is -3.05. The number of nitrogens with zero attached hydrogens (tertiary/aromatic N) is 1. The molecule has 5 nitrogen and oxygen atoms in total. The van der Waals surface area contributed by atoms with Crippen LogP contribution in [0.3, 0.4) is 0 Å². The van der Waals surface area contributed by atoms with E-state index in [-0.39, 0.29) is 36.1 Å². The van der Waals surface area contributed by atoms with Crippen molar-refractivity contribution in [2.75, 3.05) is 18.1 Å². The lowest BCUT2D eigenvalue weighted by Gasteiger charge is -2.38. The Morgan fingerprint density at radius 3 is 2.54 bits per heavy atom. The Balaban J connectivity index is 1.71. The standard InChI is InChI=1S/C18H23BrClNO4S/c19-16-10-13(20)6-7-17(16)25-11-18(22)21(14-4-2-1-3-5-14)15-8-9-26(23,24)12-15/h6-7,10,14-15H,1-5,8-9,11-12H2. The predicted molar refractivity (Wildman–Crippen MR) is 105 cm³/mol. The Kier molecular flexibility index (Phi) is 6.51. The summed E-state index contributed by atoms with van der Waals surface area (Å²) < 4.78 is 30.2. The number of carbonyl (C=O) groups excluding carboxylic acids is 1. The average Bonchev–Trinajstić information content (AvgIpc) is 2.95. The van der Waals surface area contributed by atoms with Gasteiger partial charge in [-0.1, -0.05) is 30.9 Å². The van der Waals surface area contributed by atoms with Crippen LogP contribution in [0.2, 0.25) is 5.02 Å². The molecule has 1 aliphatic heterocycles. The predicted octanol–water partition coefficient (Wildman–Crippen LogP) is 3.83. The summed E-state index contributed by atoms with van der Waals surface area (Å²) >= 11 is 9.31. The Labute approximate surface area is 168 Å². The second-order valence-electron chi connectivity index (χ2n) is 7.01. The molecule has 26 heavy (non-hydrogen) atoms. The number of sulfone groups is 1. The van der Waals surface area contributed by atoms with E-state index in [1.807, 2.05) is 4.90 Å². The summed E-state index contributed by atoms with van der Waals surface area (Å²) in [5.74, 6) is 0.642. The van der Waals surface area contributed by atoms with E-state index in [2.05, 4.69) is 15.9 Å². The smallest absolute Gasteiger partial charge is 0.261 e. The highest BCUT2D eigenvalue weighted by molar-refractivity contribution is 9.10. The van der Waals surface area contributed by atoms with Gasteiger partial charge >= 0.3 is 0 Å². The Hall–Kier alpha value is -0.790. The van der Waals surface area contributed by atoms with Crippen LogP contribution >= 0.6 is 27.5 Å². The Morgan fingerprint density at radius 2 is 1.92 bits per heavy atom. The Morgan fingerprint density at radius 1 is 1.19 bits per heavy atom. The topological polar surface area (TPSA) is 63.7 Å². The second-order valence-corrected chi connectivity index (χ2v) is 10.5. The molecule has 144 valence electrons. The zero-order chi connectivity index (χ0) is 18.7. The van der Waals surface area contributed by atoms with E-state index < -0.39 is 9.84 Å². The van der Waals surface area contributed by atoms with Gasteiger partial charge < -0.3 is 9.64 Å². The van der Waals surface area contributed by atoms with E-state index in [1.54, 1.807) is 18.2 Å². The van der Waals surface area contributed by atoms with Crippen LogP contribution in [0.25, 0.3) is 0 Å². The van der Waals surface area contributed by atoms with Crippen molar-refractivity contribution in [3.05, 3.63) is 27.7 Å². The van der Waals surface area contributed by atoms with Crippen LogP contribution in [-0.4, -0.2) is 49.4 Å². The van der Waals surface area contributed by atoms with Gasteiger partial charge in [-0.3, -0.25) is 4.79 Å². The van der Waals surface area contributed by atoms with Crippen molar-refractivity contribution in [2.45, 2.75) is 50.6 Å². The first-order chi connectivity index (χ1) is 12.4. The monoisotopic (exact) mass is 463 g/mol. The molecule has 3 rings (SSSR count). The second kappa shape index (κ2) is 8.48. The normalized spacial score (nSPS) is 22.9. The van der Waals surface area contributed by atoms with Gasteiger partial charge in [-0.25, -0.2) is 8.42 Å². The lowest BCUT2D eigenvalue weighted by atomic mass is 9.93. The molecule has 1 aromatic carbocycles. The van der Waals surface area contributed by atoms with Crippen LogP contribution in [0.5, 0.6) is 5.75 Å². The van der Waals surface area contributed by atoms with Gasteiger partial charge in [-0.2, -0.15) is 0 Å². The lowest BCUT2D eigenvalue weighted by Crippen LogP contribution is -2.50. The molecule has 1 aliphatic carbocycles. The molecule has 0 aromatic heterocycles. The first kappa shape index (κ1) is 20.0. The molecular formula is C18H23BrClNO4S. The van der Waals surface area contributed by atoms with Gasteiger partial charge in [0.25, 0.3) is 5.91 Å². The van der Waals surface area contributed by atoms with Gasteiger partial charge in [0.1, 0.15) is 5.75 Å². The fourth-order valence-corrected chi connectivity index (χ4v) is 6.37. The zero-order valence-electron chi connectivity index (χ0n) is 14.5. The molecule has 1 unspecified atom stereocenters. The summed E-state index contributed by atoms with van der Waals surface area (Å²) in [6.45, 7) is -0.104. The number of benzene rings is 1. The fraction of sp³-hybridized carbons (Fsp3) is 0.611. The summed E-state index contributed by atoms with van der Waals surface area (Å²) in [5, 5.41) is 0.579. The number of carbonyl (C=O) groups is 1. The van der Waals surface area contributed by atoms with Gasteiger partial charge in [-0.05, 0) is 53.4 Å². The van der Waals surface area contributed by atoms with Crippen molar-refractivity contribution < 1.29 is 17.9 Å². The molecule has 1 atom stereocenters. The minimum absolute atomic E-state index is 0.0693. The van der Waals surface area contributed by atoms with Crippen molar-refractivity contribution in [1.82, 2.24) is 4.90 Å². The highest BCUT2D eigenvalue weighted by Gasteiger charge is 2.38. The van der Waals surface area contributed by atoms with E-state index in [0.717, 1.165) is 25.7 Å². The zero-order valence-corrected chi connectivity index (χ0v) is 17.7. The maximum atomic E-state index is 13.0. The van der Waals surface area contributed by atoms with Crippen LogP contribution in [0.1, 0.15) is 38.5 Å². The van der Waals surface area contributed by atoms with E-state index in [4.69, 9.17) is 16.3 Å². The third-order valence-corrected chi connectivity index (χ3v) is 7.71. The maximum Gasteiger partial charge on any atom is 0.261 e. The third kappa shape index (κ3) is 4.93. The first-order valence-electron chi connectivity index (χ1n) is 8.95. The van der Waals surface area contributed by atoms with Crippen LogP contribution < -0.4 is 4.74 Å². The molecule has 1 heterocycles.